The van der Waals surface area contributed by atoms with Gasteiger partial charge in [-0.25, -0.2) is 4.98 Å². The highest BCUT2D eigenvalue weighted by Gasteiger charge is 2.31. The summed E-state index contributed by atoms with van der Waals surface area (Å²) in [4.78, 5) is 5.82. The zero-order valence-corrected chi connectivity index (χ0v) is 12.2. The lowest BCUT2D eigenvalue weighted by Crippen LogP contribution is -2.26. The minimum Gasteiger partial charge on any atom is -0.371 e. The molecule has 0 radical (unpaired) electrons. The molecule has 0 unspecified atom stereocenters. The van der Waals surface area contributed by atoms with Gasteiger partial charge in [-0.2, -0.15) is 0 Å². The molecule has 0 fully saturated rings. The third-order valence-electron chi connectivity index (χ3n) is 3.20. The lowest BCUT2D eigenvalue weighted by molar-refractivity contribution is -0.0218. The first kappa shape index (κ1) is 14.6. The van der Waals surface area contributed by atoms with Crippen LogP contribution >= 0.6 is 11.3 Å². The van der Waals surface area contributed by atoms with Crippen LogP contribution in [0.1, 0.15) is 49.9 Å². The van der Waals surface area contributed by atoms with E-state index >= 15 is 0 Å². The summed E-state index contributed by atoms with van der Waals surface area (Å²) in [5.74, 6) is 0. The Labute approximate surface area is 109 Å². The Bertz CT molecular complexity index is 313. The van der Waals surface area contributed by atoms with E-state index in [0.29, 0.717) is 0 Å². The van der Waals surface area contributed by atoms with Crippen LogP contribution in [0.25, 0.3) is 0 Å². The van der Waals surface area contributed by atoms with E-state index in [-0.39, 0.29) is 5.60 Å². The zero-order valence-electron chi connectivity index (χ0n) is 11.4. The van der Waals surface area contributed by atoms with Gasteiger partial charge in [0.05, 0.1) is 0 Å². The van der Waals surface area contributed by atoms with E-state index in [1.807, 2.05) is 6.20 Å². The van der Waals surface area contributed by atoms with Crippen LogP contribution in [0.3, 0.4) is 0 Å². The Morgan fingerprint density at radius 1 is 1.35 bits per heavy atom. The number of hydrogen-bond donors (Lipinski definition) is 1. The van der Waals surface area contributed by atoms with Gasteiger partial charge in [0, 0.05) is 24.7 Å². The number of rotatable bonds is 8. The maximum Gasteiger partial charge on any atom is 0.125 e. The van der Waals surface area contributed by atoms with Gasteiger partial charge >= 0.3 is 0 Å². The second-order valence-corrected chi connectivity index (χ2v) is 5.33. The van der Waals surface area contributed by atoms with Gasteiger partial charge in [-0.05, 0) is 25.8 Å². The molecule has 0 bridgehead atoms. The highest BCUT2D eigenvalue weighted by atomic mass is 32.1. The van der Waals surface area contributed by atoms with Crippen molar-refractivity contribution in [2.45, 2.75) is 52.2 Å². The van der Waals surface area contributed by atoms with E-state index < -0.39 is 0 Å². The molecule has 17 heavy (non-hydrogen) atoms. The third-order valence-corrected chi connectivity index (χ3v) is 4.39. The topological polar surface area (TPSA) is 34.2 Å². The quantitative estimate of drug-likeness (QED) is 0.725. The third kappa shape index (κ3) is 3.50. The Balaban J connectivity index is 2.71. The Hall–Kier alpha value is -0.450. The standard InChI is InChI=1S/C13H24N2OS/c1-5-8-14-9-11-10-15-12(17-11)13(6-2,7-3)16-4/h10,14H,5-9H2,1-4H3. The summed E-state index contributed by atoms with van der Waals surface area (Å²) in [7, 11) is 1.78. The summed E-state index contributed by atoms with van der Waals surface area (Å²) in [5.41, 5.74) is -0.187. The minimum atomic E-state index is -0.187. The molecule has 1 aromatic heterocycles. The lowest BCUT2D eigenvalue weighted by atomic mass is 9.98. The van der Waals surface area contributed by atoms with Gasteiger partial charge in [0.25, 0.3) is 0 Å². The number of aromatic nitrogens is 1. The first-order chi connectivity index (χ1) is 8.22. The second kappa shape index (κ2) is 7.09. The number of thiazole rings is 1. The molecule has 3 nitrogen and oxygen atoms in total. The summed E-state index contributed by atoms with van der Waals surface area (Å²) in [6, 6.07) is 0. The van der Waals surface area contributed by atoms with E-state index in [0.717, 1.165) is 37.4 Å². The molecule has 4 heteroatoms. The van der Waals surface area contributed by atoms with Gasteiger partial charge in [-0.3, -0.25) is 0 Å². The monoisotopic (exact) mass is 256 g/mol. The number of ether oxygens (including phenoxy) is 1. The van der Waals surface area contributed by atoms with Crippen LogP contribution in [0, 0.1) is 0 Å². The molecule has 1 N–H and O–H groups in total. The molecule has 0 aliphatic heterocycles. The summed E-state index contributed by atoms with van der Waals surface area (Å²) in [6.07, 6.45) is 5.07. The molecule has 98 valence electrons. The Morgan fingerprint density at radius 2 is 2.06 bits per heavy atom. The average molecular weight is 256 g/mol. The maximum atomic E-state index is 5.69. The predicted octanol–water partition coefficient (Wildman–Crippen LogP) is 3.30. The predicted molar refractivity (Wildman–Crippen MR) is 73.4 cm³/mol. The lowest BCUT2D eigenvalue weighted by Gasteiger charge is -2.27. The molecule has 1 rings (SSSR count). The summed E-state index contributed by atoms with van der Waals surface area (Å²) < 4.78 is 5.69. The number of nitrogens with one attached hydrogen (secondary N) is 1. The summed E-state index contributed by atoms with van der Waals surface area (Å²) in [6.45, 7) is 8.46. The van der Waals surface area contributed by atoms with Crippen molar-refractivity contribution in [3.63, 3.8) is 0 Å². The molecule has 1 aromatic rings. The number of nitrogens with zero attached hydrogens (tertiary/aromatic N) is 1. The van der Waals surface area contributed by atoms with Gasteiger partial charge in [-0.1, -0.05) is 20.8 Å². The molecule has 0 spiro atoms. The minimum absolute atomic E-state index is 0.187. The average Bonchev–Trinajstić information content (AvgIpc) is 2.82. The van der Waals surface area contributed by atoms with E-state index in [9.17, 15) is 0 Å². The van der Waals surface area contributed by atoms with Crippen LogP contribution in [0.2, 0.25) is 0 Å². The molecule has 0 saturated heterocycles. The first-order valence-corrected chi connectivity index (χ1v) is 7.25. The number of methoxy groups -OCH3 is 1. The second-order valence-electron chi connectivity index (χ2n) is 4.21. The van der Waals surface area contributed by atoms with Crippen LogP contribution in [-0.2, 0) is 16.9 Å². The van der Waals surface area contributed by atoms with Gasteiger partial charge in [0.2, 0.25) is 0 Å². The molecular weight excluding hydrogens is 232 g/mol. The van der Waals surface area contributed by atoms with Crippen molar-refractivity contribution in [2.24, 2.45) is 0 Å². The molecule has 0 atom stereocenters. The van der Waals surface area contributed by atoms with Crippen molar-refractivity contribution >= 4 is 11.3 Å². The van der Waals surface area contributed by atoms with Crippen LogP contribution in [-0.4, -0.2) is 18.6 Å². The molecule has 1 heterocycles. The summed E-state index contributed by atoms with van der Waals surface area (Å²) >= 11 is 1.77. The highest BCUT2D eigenvalue weighted by Crippen LogP contribution is 2.34. The van der Waals surface area contributed by atoms with Crippen LogP contribution in [0.4, 0.5) is 0 Å². The number of hydrogen-bond acceptors (Lipinski definition) is 4. The van der Waals surface area contributed by atoms with Gasteiger partial charge < -0.3 is 10.1 Å². The van der Waals surface area contributed by atoms with Crippen LogP contribution in [0.15, 0.2) is 6.20 Å². The molecule has 0 aliphatic carbocycles. The van der Waals surface area contributed by atoms with Gasteiger partial charge in [0.15, 0.2) is 0 Å². The van der Waals surface area contributed by atoms with E-state index in [1.165, 1.54) is 4.88 Å². The van der Waals surface area contributed by atoms with Crippen molar-refractivity contribution < 1.29 is 4.74 Å². The fraction of sp³-hybridized carbons (Fsp3) is 0.769. The SMILES string of the molecule is CCCNCc1cnc(C(CC)(CC)OC)s1. The fourth-order valence-corrected chi connectivity index (χ4v) is 3.11. The van der Waals surface area contributed by atoms with E-state index in [4.69, 9.17) is 4.74 Å². The van der Waals surface area contributed by atoms with Crippen molar-refractivity contribution in [1.82, 2.24) is 10.3 Å². The van der Waals surface area contributed by atoms with Crippen LogP contribution < -0.4 is 5.32 Å². The van der Waals surface area contributed by atoms with E-state index in [1.54, 1.807) is 18.4 Å². The highest BCUT2D eigenvalue weighted by molar-refractivity contribution is 7.11. The molecule has 0 saturated carbocycles. The fourth-order valence-electron chi connectivity index (χ4n) is 1.92. The summed E-state index contributed by atoms with van der Waals surface area (Å²) in [5, 5.41) is 4.51. The molecular formula is C13H24N2OS. The van der Waals surface area contributed by atoms with Crippen molar-refractivity contribution in [2.75, 3.05) is 13.7 Å². The van der Waals surface area contributed by atoms with E-state index in [2.05, 4.69) is 31.1 Å². The van der Waals surface area contributed by atoms with Crippen molar-refractivity contribution in [1.29, 1.82) is 0 Å². The largest absolute Gasteiger partial charge is 0.371 e. The maximum absolute atomic E-state index is 5.69. The smallest absolute Gasteiger partial charge is 0.125 e. The van der Waals surface area contributed by atoms with Crippen LogP contribution in [0.5, 0.6) is 0 Å². The van der Waals surface area contributed by atoms with Gasteiger partial charge in [0.1, 0.15) is 10.6 Å². The zero-order chi connectivity index (χ0) is 12.7. The molecule has 0 amide bonds. The Kier molecular flexibility index (Phi) is 6.09. The Morgan fingerprint density at radius 3 is 2.59 bits per heavy atom. The first-order valence-electron chi connectivity index (χ1n) is 6.43. The normalized spacial score (nSPS) is 12.0. The van der Waals surface area contributed by atoms with Crippen molar-refractivity contribution in [3.8, 4) is 0 Å². The van der Waals surface area contributed by atoms with Gasteiger partial charge in [-0.15, -0.1) is 11.3 Å². The molecule has 0 aromatic carbocycles. The van der Waals surface area contributed by atoms with Crippen molar-refractivity contribution in [3.05, 3.63) is 16.1 Å². The molecule has 0 aliphatic rings.